The van der Waals surface area contributed by atoms with Gasteiger partial charge in [0.25, 0.3) is 0 Å². The van der Waals surface area contributed by atoms with Crippen LogP contribution in [0.2, 0.25) is 5.02 Å². The molecule has 3 rings (SSSR count). The van der Waals surface area contributed by atoms with E-state index in [0.29, 0.717) is 21.6 Å². The number of anilines is 1. The Morgan fingerprint density at radius 1 is 1.21 bits per heavy atom. The van der Waals surface area contributed by atoms with Crippen LogP contribution in [0.15, 0.2) is 48.7 Å². The molecule has 0 aliphatic rings. The van der Waals surface area contributed by atoms with E-state index in [1.165, 1.54) is 6.92 Å². The lowest BCUT2D eigenvalue weighted by atomic mass is 10.0. The van der Waals surface area contributed by atoms with Gasteiger partial charge >= 0.3 is 16.1 Å². The highest BCUT2D eigenvalue weighted by Crippen LogP contribution is 2.37. The molecule has 0 saturated carbocycles. The average molecular weight is 423 g/mol. The molecule has 3 aromatic rings. The summed E-state index contributed by atoms with van der Waals surface area (Å²) in [6.45, 7) is 2.62. The van der Waals surface area contributed by atoms with Crippen LogP contribution >= 0.6 is 11.6 Å². The van der Waals surface area contributed by atoms with Crippen LogP contribution in [-0.2, 0) is 19.6 Å². The summed E-state index contributed by atoms with van der Waals surface area (Å²) in [4.78, 5) is 11.4. The third kappa shape index (κ3) is 3.84. The number of hydrogen-bond acceptors (Lipinski definition) is 5. The van der Waals surface area contributed by atoms with Crippen LogP contribution in [0.4, 0.5) is 5.69 Å². The van der Waals surface area contributed by atoms with Crippen molar-refractivity contribution in [3.63, 3.8) is 0 Å². The normalized spacial score (nSPS) is 14.0. The van der Waals surface area contributed by atoms with Crippen molar-refractivity contribution in [1.82, 2.24) is 4.57 Å². The van der Waals surface area contributed by atoms with Gasteiger partial charge in [0, 0.05) is 34.8 Å². The van der Waals surface area contributed by atoms with Crippen molar-refractivity contribution in [1.29, 1.82) is 0 Å². The Labute approximate surface area is 167 Å². The standard InChI is InChI=1S/C19H19ClN2O5S/c1-11(19(27-12(2)23)28(24,25)26)22-10-15(13-6-8-14(20)9-7-13)18-16(21)4-3-5-17(18)22/h3-11,19H,21H2,1-2H3,(H,24,25,26). The van der Waals surface area contributed by atoms with E-state index in [4.69, 9.17) is 22.1 Å². The van der Waals surface area contributed by atoms with Crippen molar-refractivity contribution in [2.45, 2.75) is 25.3 Å². The molecule has 2 atom stereocenters. The number of carbonyl (C=O) groups is 1. The second-order valence-corrected chi connectivity index (χ2v) is 8.36. The quantitative estimate of drug-likeness (QED) is 0.366. The van der Waals surface area contributed by atoms with Gasteiger partial charge in [-0.25, -0.2) is 0 Å². The van der Waals surface area contributed by atoms with E-state index >= 15 is 0 Å². The van der Waals surface area contributed by atoms with Gasteiger partial charge in [-0.3, -0.25) is 9.35 Å². The molecule has 9 heteroatoms. The molecule has 0 aliphatic heterocycles. The second kappa shape index (κ2) is 7.46. The monoisotopic (exact) mass is 422 g/mol. The molecule has 0 fully saturated rings. The number of rotatable bonds is 5. The van der Waals surface area contributed by atoms with Crippen molar-refractivity contribution in [3.8, 4) is 11.1 Å². The van der Waals surface area contributed by atoms with Gasteiger partial charge in [-0.1, -0.05) is 29.8 Å². The maximum atomic E-state index is 11.8. The number of aromatic nitrogens is 1. The summed E-state index contributed by atoms with van der Waals surface area (Å²) in [7, 11) is -4.66. The summed E-state index contributed by atoms with van der Waals surface area (Å²) < 4.78 is 39.7. The number of hydrogen-bond donors (Lipinski definition) is 2. The van der Waals surface area contributed by atoms with Crippen molar-refractivity contribution in [2.75, 3.05) is 5.73 Å². The Kier molecular flexibility index (Phi) is 5.38. The van der Waals surface area contributed by atoms with Crippen LogP contribution in [0.1, 0.15) is 19.9 Å². The lowest BCUT2D eigenvalue weighted by Crippen LogP contribution is -2.33. The highest BCUT2D eigenvalue weighted by atomic mass is 35.5. The number of nitrogens with zero attached hydrogens (tertiary/aromatic N) is 1. The number of ether oxygens (including phenoxy) is 1. The number of fused-ring (bicyclic) bond motifs is 1. The largest absolute Gasteiger partial charge is 0.441 e. The summed E-state index contributed by atoms with van der Waals surface area (Å²) in [5.41, 5.74) is 7.15. The molecule has 0 aliphatic carbocycles. The smallest absolute Gasteiger partial charge is 0.305 e. The summed E-state index contributed by atoms with van der Waals surface area (Å²) in [5.74, 6) is -0.816. The van der Waals surface area contributed by atoms with Gasteiger partial charge in [-0.2, -0.15) is 8.42 Å². The number of benzene rings is 2. The zero-order valence-electron chi connectivity index (χ0n) is 15.2. The van der Waals surface area contributed by atoms with Crippen molar-refractivity contribution in [3.05, 3.63) is 53.7 Å². The Morgan fingerprint density at radius 2 is 1.86 bits per heavy atom. The van der Waals surface area contributed by atoms with E-state index in [0.717, 1.165) is 18.1 Å². The Hall–Kier alpha value is -2.55. The number of nitrogens with two attached hydrogens (primary N) is 1. The fraction of sp³-hybridized carbons (Fsp3) is 0.211. The van der Waals surface area contributed by atoms with Crippen LogP contribution in [0, 0.1) is 0 Å². The first-order valence-electron chi connectivity index (χ1n) is 8.38. The van der Waals surface area contributed by atoms with Gasteiger partial charge in [-0.05, 0) is 36.8 Å². The van der Waals surface area contributed by atoms with E-state index in [2.05, 4.69) is 0 Å². The summed E-state index contributed by atoms with van der Waals surface area (Å²) >= 11 is 5.97. The second-order valence-electron chi connectivity index (χ2n) is 6.43. The number of nitrogen functional groups attached to an aromatic ring is 1. The molecule has 0 amide bonds. The minimum absolute atomic E-state index is 0.504. The first kappa shape index (κ1) is 20.2. The molecular formula is C19H19ClN2O5S. The fourth-order valence-electron chi connectivity index (χ4n) is 3.23. The maximum absolute atomic E-state index is 11.8. The van der Waals surface area contributed by atoms with E-state index in [-0.39, 0.29) is 0 Å². The number of esters is 1. The lowest BCUT2D eigenvalue weighted by Gasteiger charge is -2.23. The molecule has 0 saturated heterocycles. The maximum Gasteiger partial charge on any atom is 0.305 e. The molecule has 28 heavy (non-hydrogen) atoms. The summed E-state index contributed by atoms with van der Waals surface area (Å²) in [5, 5.41) is 1.30. The minimum Gasteiger partial charge on any atom is -0.441 e. The molecule has 148 valence electrons. The van der Waals surface area contributed by atoms with Gasteiger partial charge in [0.05, 0.1) is 11.6 Å². The molecule has 1 aromatic heterocycles. The zero-order chi connectivity index (χ0) is 20.6. The van der Waals surface area contributed by atoms with E-state index in [1.807, 2.05) is 12.1 Å². The number of halogens is 1. The highest BCUT2D eigenvalue weighted by molar-refractivity contribution is 7.86. The van der Waals surface area contributed by atoms with Gasteiger partial charge in [-0.15, -0.1) is 0 Å². The molecule has 2 unspecified atom stereocenters. The Bertz CT molecular complexity index is 1140. The third-order valence-electron chi connectivity index (χ3n) is 4.45. The van der Waals surface area contributed by atoms with Crippen molar-refractivity contribution < 1.29 is 22.5 Å². The van der Waals surface area contributed by atoms with Crippen molar-refractivity contribution in [2.24, 2.45) is 0 Å². The molecule has 3 N–H and O–H groups in total. The molecule has 1 heterocycles. The molecule has 7 nitrogen and oxygen atoms in total. The van der Waals surface area contributed by atoms with Crippen LogP contribution in [0.25, 0.3) is 22.0 Å². The van der Waals surface area contributed by atoms with Gasteiger partial charge in [0.2, 0.25) is 5.44 Å². The van der Waals surface area contributed by atoms with E-state index in [9.17, 15) is 17.8 Å². The van der Waals surface area contributed by atoms with Crippen LogP contribution in [0.3, 0.4) is 0 Å². The van der Waals surface area contributed by atoms with E-state index < -0.39 is 27.6 Å². The first-order valence-corrected chi connectivity index (χ1v) is 10.3. The van der Waals surface area contributed by atoms with Crippen LogP contribution < -0.4 is 5.73 Å². The average Bonchev–Trinajstić information content (AvgIpc) is 3.00. The van der Waals surface area contributed by atoms with Gasteiger partial charge in [0.15, 0.2) is 0 Å². The van der Waals surface area contributed by atoms with Crippen LogP contribution in [-0.4, -0.2) is 28.9 Å². The zero-order valence-corrected chi connectivity index (χ0v) is 16.7. The third-order valence-corrected chi connectivity index (χ3v) is 5.78. The molecule has 0 bridgehead atoms. The number of carbonyl (C=O) groups excluding carboxylic acids is 1. The first-order chi connectivity index (χ1) is 13.1. The van der Waals surface area contributed by atoms with Gasteiger partial charge < -0.3 is 15.0 Å². The molecule has 2 aromatic carbocycles. The highest BCUT2D eigenvalue weighted by Gasteiger charge is 2.34. The molecule has 0 spiro atoms. The summed E-state index contributed by atoms with van der Waals surface area (Å²) in [6, 6.07) is 11.5. The summed E-state index contributed by atoms with van der Waals surface area (Å²) in [6.07, 6.45) is 1.72. The topological polar surface area (TPSA) is 112 Å². The molecular weight excluding hydrogens is 404 g/mol. The van der Waals surface area contributed by atoms with Crippen LogP contribution in [0.5, 0.6) is 0 Å². The van der Waals surface area contributed by atoms with Crippen molar-refractivity contribution >= 4 is 44.3 Å². The Balaban J connectivity index is 2.23. The van der Waals surface area contributed by atoms with Gasteiger partial charge in [0.1, 0.15) is 0 Å². The SMILES string of the molecule is CC(=O)OC(C(C)n1cc(-c2ccc(Cl)cc2)c2c(N)cccc21)S(=O)(=O)O. The Morgan fingerprint density at radius 3 is 2.43 bits per heavy atom. The predicted molar refractivity (Wildman–Crippen MR) is 109 cm³/mol. The minimum atomic E-state index is -4.66. The fourth-order valence-corrected chi connectivity index (χ4v) is 4.24. The van der Waals surface area contributed by atoms with E-state index in [1.54, 1.807) is 41.1 Å². The molecule has 0 radical (unpaired) electrons. The lowest BCUT2D eigenvalue weighted by molar-refractivity contribution is -0.144. The predicted octanol–water partition coefficient (Wildman–Crippen LogP) is 3.88.